The van der Waals surface area contributed by atoms with Gasteiger partial charge in [-0.15, -0.1) is 0 Å². The zero-order valence-corrected chi connectivity index (χ0v) is 16.6. The minimum atomic E-state index is 0.867. The van der Waals surface area contributed by atoms with Crippen molar-refractivity contribution >= 4 is 17.6 Å². The average Bonchev–Trinajstić information content (AvgIpc) is 3.35. The van der Waals surface area contributed by atoms with Crippen LogP contribution in [-0.4, -0.2) is 54.2 Å². The predicted octanol–water partition coefficient (Wildman–Crippen LogP) is 3.47. The maximum atomic E-state index is 4.97. The number of anilines is 3. The molecule has 29 heavy (non-hydrogen) atoms. The normalized spacial score (nSPS) is 17.0. The molecule has 6 heteroatoms. The highest BCUT2D eigenvalue weighted by molar-refractivity contribution is 5.65. The van der Waals surface area contributed by atoms with Crippen molar-refractivity contribution in [3.05, 3.63) is 60.8 Å². The minimum absolute atomic E-state index is 0.867. The summed E-state index contributed by atoms with van der Waals surface area (Å²) in [6.45, 7) is 5.85. The Labute approximate surface area is 171 Å². The van der Waals surface area contributed by atoms with Crippen molar-refractivity contribution < 1.29 is 0 Å². The van der Waals surface area contributed by atoms with Gasteiger partial charge in [-0.3, -0.25) is 0 Å². The molecule has 3 aromatic rings. The third-order valence-corrected chi connectivity index (χ3v) is 5.74. The van der Waals surface area contributed by atoms with Gasteiger partial charge in [0.25, 0.3) is 0 Å². The largest absolute Gasteiger partial charge is 0.353 e. The number of hydrogen-bond donors (Lipinski definition) is 0. The van der Waals surface area contributed by atoms with Crippen molar-refractivity contribution in [2.24, 2.45) is 0 Å². The first-order valence-corrected chi connectivity index (χ1v) is 10.5. The van der Waals surface area contributed by atoms with Gasteiger partial charge in [-0.2, -0.15) is 4.98 Å². The first-order chi connectivity index (χ1) is 14.4. The van der Waals surface area contributed by atoms with Crippen LogP contribution in [0.3, 0.4) is 0 Å². The highest BCUT2D eigenvalue weighted by Gasteiger charge is 2.22. The molecule has 0 atom stereocenters. The highest BCUT2D eigenvalue weighted by Crippen LogP contribution is 2.27. The molecule has 148 valence electrons. The van der Waals surface area contributed by atoms with Crippen molar-refractivity contribution in [2.45, 2.75) is 12.8 Å². The fourth-order valence-electron chi connectivity index (χ4n) is 4.10. The minimum Gasteiger partial charge on any atom is -0.353 e. The molecule has 0 amide bonds. The third-order valence-electron chi connectivity index (χ3n) is 5.74. The molecule has 0 N–H and O–H groups in total. The van der Waals surface area contributed by atoms with E-state index in [0.717, 1.165) is 68.1 Å². The Hall–Kier alpha value is -3.15. The Morgan fingerprint density at radius 1 is 0.621 bits per heavy atom. The molecular weight excluding hydrogens is 360 g/mol. The van der Waals surface area contributed by atoms with E-state index in [1.807, 2.05) is 24.4 Å². The molecule has 0 radical (unpaired) electrons. The van der Waals surface area contributed by atoms with Crippen LogP contribution in [0.15, 0.2) is 60.8 Å². The Bertz CT molecular complexity index is 932. The van der Waals surface area contributed by atoms with Gasteiger partial charge < -0.3 is 14.7 Å². The summed E-state index contributed by atoms with van der Waals surface area (Å²) < 4.78 is 0. The van der Waals surface area contributed by atoms with Gasteiger partial charge in [0.05, 0.1) is 5.69 Å². The first kappa shape index (κ1) is 17.9. The van der Waals surface area contributed by atoms with E-state index in [9.17, 15) is 0 Å². The second kappa shape index (κ2) is 8.07. The molecule has 6 nitrogen and oxygen atoms in total. The van der Waals surface area contributed by atoms with Crippen LogP contribution < -0.4 is 14.7 Å². The van der Waals surface area contributed by atoms with Crippen molar-refractivity contribution in [3.63, 3.8) is 0 Å². The Morgan fingerprint density at radius 3 is 2.00 bits per heavy atom. The van der Waals surface area contributed by atoms with Crippen LogP contribution in [0, 0.1) is 0 Å². The fourth-order valence-corrected chi connectivity index (χ4v) is 4.10. The molecular formula is C23H26N6. The van der Waals surface area contributed by atoms with Crippen LogP contribution in [0.4, 0.5) is 17.6 Å². The number of pyridine rings is 1. The Balaban J connectivity index is 1.41. The molecule has 0 spiro atoms. The van der Waals surface area contributed by atoms with Gasteiger partial charge in [0.2, 0.25) is 5.95 Å². The molecule has 2 aliphatic rings. The second-order valence-corrected chi connectivity index (χ2v) is 7.63. The number of rotatable bonds is 4. The zero-order valence-electron chi connectivity index (χ0n) is 16.6. The number of benzene rings is 1. The molecule has 0 saturated carbocycles. The maximum absolute atomic E-state index is 4.97. The standard InChI is InChI=1S/C23H26N6/c1-2-8-19(9-3-1)20-18-22(26-23(25-20)29-12-6-7-13-29)28-16-14-27(15-17-28)21-10-4-5-11-24-21/h1-5,8-11,18H,6-7,12-17H2. The lowest BCUT2D eigenvalue weighted by Crippen LogP contribution is -2.47. The molecule has 0 bridgehead atoms. The summed E-state index contributed by atoms with van der Waals surface area (Å²) in [5.74, 6) is 2.95. The van der Waals surface area contributed by atoms with Crippen LogP contribution >= 0.6 is 0 Å². The van der Waals surface area contributed by atoms with Crippen LogP contribution in [0.5, 0.6) is 0 Å². The number of nitrogens with zero attached hydrogens (tertiary/aromatic N) is 6. The monoisotopic (exact) mass is 386 g/mol. The molecule has 2 fully saturated rings. The van der Waals surface area contributed by atoms with Crippen molar-refractivity contribution in [1.82, 2.24) is 15.0 Å². The van der Waals surface area contributed by atoms with E-state index < -0.39 is 0 Å². The molecule has 0 unspecified atom stereocenters. The van der Waals surface area contributed by atoms with E-state index in [1.165, 1.54) is 12.8 Å². The lowest BCUT2D eigenvalue weighted by atomic mass is 10.1. The third kappa shape index (κ3) is 3.88. The molecule has 4 heterocycles. The van der Waals surface area contributed by atoms with E-state index in [1.54, 1.807) is 0 Å². The van der Waals surface area contributed by atoms with E-state index in [4.69, 9.17) is 9.97 Å². The van der Waals surface area contributed by atoms with Crippen molar-refractivity contribution in [3.8, 4) is 11.3 Å². The number of hydrogen-bond acceptors (Lipinski definition) is 6. The van der Waals surface area contributed by atoms with Crippen LogP contribution in [-0.2, 0) is 0 Å². The summed E-state index contributed by atoms with van der Waals surface area (Å²) in [7, 11) is 0. The first-order valence-electron chi connectivity index (χ1n) is 10.5. The average molecular weight is 387 g/mol. The summed E-state index contributed by atoms with van der Waals surface area (Å²) >= 11 is 0. The molecule has 2 aromatic heterocycles. The lowest BCUT2D eigenvalue weighted by Gasteiger charge is -2.36. The summed E-state index contributed by atoms with van der Waals surface area (Å²) in [5, 5.41) is 0. The molecule has 2 saturated heterocycles. The Kier molecular flexibility index (Phi) is 4.99. The van der Waals surface area contributed by atoms with Gasteiger partial charge in [-0.05, 0) is 25.0 Å². The van der Waals surface area contributed by atoms with Crippen molar-refractivity contribution in [2.75, 3.05) is 54.0 Å². The number of aromatic nitrogens is 3. The van der Waals surface area contributed by atoms with E-state index in [-0.39, 0.29) is 0 Å². The van der Waals surface area contributed by atoms with Gasteiger partial charge >= 0.3 is 0 Å². The van der Waals surface area contributed by atoms with Gasteiger partial charge in [0.1, 0.15) is 11.6 Å². The lowest BCUT2D eigenvalue weighted by molar-refractivity contribution is 0.640. The molecule has 2 aliphatic heterocycles. The maximum Gasteiger partial charge on any atom is 0.227 e. The molecule has 5 rings (SSSR count). The van der Waals surface area contributed by atoms with E-state index >= 15 is 0 Å². The molecule has 1 aromatic carbocycles. The summed E-state index contributed by atoms with van der Waals surface area (Å²) in [6.07, 6.45) is 4.30. The topological polar surface area (TPSA) is 48.4 Å². The SMILES string of the molecule is c1ccc(-c2cc(N3CCN(c4ccccn4)CC3)nc(N3CCCC3)n2)cc1. The zero-order chi connectivity index (χ0) is 19.5. The number of piperazine rings is 1. The van der Waals surface area contributed by atoms with E-state index in [0.29, 0.717) is 0 Å². The van der Waals surface area contributed by atoms with Crippen LogP contribution in [0.25, 0.3) is 11.3 Å². The van der Waals surface area contributed by atoms with E-state index in [2.05, 4.69) is 56.1 Å². The second-order valence-electron chi connectivity index (χ2n) is 7.63. The van der Waals surface area contributed by atoms with Gasteiger partial charge in [-0.1, -0.05) is 36.4 Å². The summed E-state index contributed by atoms with van der Waals surface area (Å²) in [4.78, 5) is 21.4. The van der Waals surface area contributed by atoms with Gasteiger partial charge in [-0.25, -0.2) is 9.97 Å². The van der Waals surface area contributed by atoms with Crippen LogP contribution in [0.1, 0.15) is 12.8 Å². The Morgan fingerprint density at radius 2 is 1.31 bits per heavy atom. The summed E-state index contributed by atoms with van der Waals surface area (Å²) in [6, 6.07) is 18.7. The quantitative estimate of drug-likeness (QED) is 0.684. The predicted molar refractivity (Wildman–Crippen MR) is 118 cm³/mol. The highest BCUT2D eigenvalue weighted by atomic mass is 15.3. The molecule has 0 aliphatic carbocycles. The smallest absolute Gasteiger partial charge is 0.227 e. The van der Waals surface area contributed by atoms with Crippen LogP contribution in [0.2, 0.25) is 0 Å². The van der Waals surface area contributed by atoms with Crippen molar-refractivity contribution in [1.29, 1.82) is 0 Å². The fraction of sp³-hybridized carbons (Fsp3) is 0.348. The van der Waals surface area contributed by atoms with Gasteiger partial charge in [0.15, 0.2) is 0 Å². The summed E-state index contributed by atoms with van der Waals surface area (Å²) in [5.41, 5.74) is 2.15. The van der Waals surface area contributed by atoms with Gasteiger partial charge in [0, 0.05) is 57.1 Å².